The summed E-state index contributed by atoms with van der Waals surface area (Å²) >= 11 is 0. The third-order valence-electron chi connectivity index (χ3n) is 4.50. The van der Waals surface area contributed by atoms with Crippen LogP contribution in [0.5, 0.6) is 5.75 Å². The molecule has 3 rings (SSSR count). The summed E-state index contributed by atoms with van der Waals surface area (Å²) in [6, 6.07) is 7.95. The van der Waals surface area contributed by atoms with Crippen molar-refractivity contribution in [1.29, 1.82) is 0 Å². The number of nitrogens with zero attached hydrogens (tertiary/aromatic N) is 3. The second-order valence-electron chi connectivity index (χ2n) is 6.41. The molecule has 0 spiro atoms. The van der Waals surface area contributed by atoms with Gasteiger partial charge in [-0.25, -0.2) is 4.79 Å². The minimum Gasteiger partial charge on any atom is -0.497 e. The fourth-order valence-corrected chi connectivity index (χ4v) is 2.96. The van der Waals surface area contributed by atoms with Crippen LogP contribution in [0.3, 0.4) is 0 Å². The van der Waals surface area contributed by atoms with Gasteiger partial charge in [0.25, 0.3) is 5.91 Å². The van der Waals surface area contributed by atoms with Gasteiger partial charge in [0.05, 0.1) is 20.1 Å². The topological polar surface area (TPSA) is 106 Å². The van der Waals surface area contributed by atoms with Crippen LogP contribution < -0.4 is 15.4 Å². The molecule has 1 aliphatic rings. The summed E-state index contributed by atoms with van der Waals surface area (Å²) in [5, 5.41) is 9.36. The van der Waals surface area contributed by atoms with Crippen LogP contribution in [-0.4, -0.2) is 58.8 Å². The molecule has 1 aromatic heterocycles. The summed E-state index contributed by atoms with van der Waals surface area (Å²) in [5.74, 6) is 0.0842. The van der Waals surface area contributed by atoms with Crippen LogP contribution in [0.25, 0.3) is 0 Å². The van der Waals surface area contributed by atoms with Crippen LogP contribution in [0, 0.1) is 0 Å². The number of hydrogen-bond donors (Lipinski definition) is 2. The molecule has 9 nitrogen and oxygen atoms in total. The van der Waals surface area contributed by atoms with E-state index in [1.807, 2.05) is 24.3 Å². The van der Waals surface area contributed by atoms with Gasteiger partial charge in [0.2, 0.25) is 5.91 Å². The average Bonchev–Trinajstić information content (AvgIpc) is 3.29. The highest BCUT2D eigenvalue weighted by Gasteiger charge is 2.38. The first-order valence-corrected chi connectivity index (χ1v) is 9.06. The highest BCUT2D eigenvalue weighted by atomic mass is 16.5. The third-order valence-corrected chi connectivity index (χ3v) is 4.50. The van der Waals surface area contributed by atoms with Crippen molar-refractivity contribution in [3.8, 4) is 5.75 Å². The Morgan fingerprint density at radius 3 is 2.71 bits per heavy atom. The Bertz CT molecular complexity index is 819. The standard InChI is InChI=1S/C19H23N5O4/c1-28-15-5-3-14(4-6-15)7-11-24-18(26)16(22-19(24)27)13-17(25)20-9-12-23-10-2-8-21-23/h2-6,8,10,16H,7,9,11-13H2,1H3,(H,20,25)(H,22,27)/t16-/m0/s1. The van der Waals surface area contributed by atoms with E-state index in [-0.39, 0.29) is 24.8 Å². The highest BCUT2D eigenvalue weighted by molar-refractivity contribution is 6.05. The zero-order chi connectivity index (χ0) is 19.9. The molecule has 0 radical (unpaired) electrons. The number of imide groups is 1. The van der Waals surface area contributed by atoms with Crippen molar-refractivity contribution in [2.24, 2.45) is 0 Å². The predicted octanol–water partition coefficient (Wildman–Crippen LogP) is 0.561. The molecule has 0 saturated carbocycles. The minimum absolute atomic E-state index is 0.0806. The van der Waals surface area contributed by atoms with E-state index >= 15 is 0 Å². The van der Waals surface area contributed by atoms with Gasteiger partial charge < -0.3 is 15.4 Å². The van der Waals surface area contributed by atoms with Crippen molar-refractivity contribution in [1.82, 2.24) is 25.3 Å². The van der Waals surface area contributed by atoms with Gasteiger partial charge in [-0.3, -0.25) is 19.2 Å². The minimum atomic E-state index is -0.826. The molecule has 148 valence electrons. The maximum atomic E-state index is 12.5. The molecule has 1 aromatic carbocycles. The van der Waals surface area contributed by atoms with Gasteiger partial charge in [-0.05, 0) is 30.2 Å². The van der Waals surface area contributed by atoms with Gasteiger partial charge in [-0.15, -0.1) is 0 Å². The summed E-state index contributed by atoms with van der Waals surface area (Å²) in [4.78, 5) is 37.8. The van der Waals surface area contributed by atoms with E-state index in [0.717, 1.165) is 16.2 Å². The molecule has 1 atom stereocenters. The van der Waals surface area contributed by atoms with Crippen molar-refractivity contribution >= 4 is 17.8 Å². The van der Waals surface area contributed by atoms with Crippen LogP contribution in [0.2, 0.25) is 0 Å². The zero-order valence-electron chi connectivity index (χ0n) is 15.6. The van der Waals surface area contributed by atoms with Crippen LogP contribution in [0.15, 0.2) is 42.7 Å². The first-order valence-electron chi connectivity index (χ1n) is 9.06. The van der Waals surface area contributed by atoms with Crippen LogP contribution in [0.4, 0.5) is 4.79 Å². The summed E-state index contributed by atoms with van der Waals surface area (Å²) < 4.78 is 6.81. The molecule has 1 saturated heterocycles. The smallest absolute Gasteiger partial charge is 0.324 e. The lowest BCUT2D eigenvalue weighted by atomic mass is 10.1. The van der Waals surface area contributed by atoms with Gasteiger partial charge in [-0.1, -0.05) is 12.1 Å². The first-order chi connectivity index (χ1) is 13.6. The Kier molecular flexibility index (Phi) is 6.25. The Morgan fingerprint density at radius 2 is 2.04 bits per heavy atom. The fourth-order valence-electron chi connectivity index (χ4n) is 2.96. The number of ether oxygens (including phenoxy) is 1. The summed E-state index contributed by atoms with van der Waals surface area (Å²) in [6.07, 6.45) is 3.91. The number of carbonyl (C=O) groups excluding carboxylic acids is 3. The number of methoxy groups -OCH3 is 1. The number of nitrogens with one attached hydrogen (secondary N) is 2. The maximum absolute atomic E-state index is 12.5. The monoisotopic (exact) mass is 385 g/mol. The molecule has 28 heavy (non-hydrogen) atoms. The van der Waals surface area contributed by atoms with E-state index in [4.69, 9.17) is 4.74 Å². The normalized spacial score (nSPS) is 16.2. The third kappa shape index (κ3) is 4.87. The average molecular weight is 385 g/mol. The molecule has 0 unspecified atom stereocenters. The molecule has 4 amide bonds. The van der Waals surface area contributed by atoms with Crippen molar-refractivity contribution in [3.05, 3.63) is 48.3 Å². The Labute approximate surface area is 162 Å². The molecule has 1 aliphatic heterocycles. The number of urea groups is 1. The lowest BCUT2D eigenvalue weighted by Gasteiger charge is -2.13. The van der Waals surface area contributed by atoms with E-state index in [2.05, 4.69) is 15.7 Å². The Balaban J connectivity index is 1.44. The number of hydrogen-bond acceptors (Lipinski definition) is 5. The van der Waals surface area contributed by atoms with E-state index in [1.165, 1.54) is 0 Å². The van der Waals surface area contributed by atoms with Crippen LogP contribution in [0.1, 0.15) is 12.0 Å². The quantitative estimate of drug-likeness (QED) is 0.614. The lowest BCUT2D eigenvalue weighted by molar-refractivity contribution is -0.130. The summed E-state index contributed by atoms with van der Waals surface area (Å²) in [6.45, 7) is 1.20. The number of amides is 4. The molecule has 2 N–H and O–H groups in total. The van der Waals surface area contributed by atoms with E-state index in [1.54, 1.807) is 30.3 Å². The van der Waals surface area contributed by atoms with Crippen molar-refractivity contribution in [3.63, 3.8) is 0 Å². The lowest BCUT2D eigenvalue weighted by Crippen LogP contribution is -2.37. The van der Waals surface area contributed by atoms with E-state index < -0.39 is 12.1 Å². The molecular formula is C19H23N5O4. The molecule has 2 aromatic rings. The van der Waals surface area contributed by atoms with Gasteiger partial charge in [0, 0.05) is 25.5 Å². The molecule has 9 heteroatoms. The van der Waals surface area contributed by atoms with Gasteiger partial charge in [0.1, 0.15) is 11.8 Å². The van der Waals surface area contributed by atoms with Gasteiger partial charge in [-0.2, -0.15) is 5.10 Å². The van der Waals surface area contributed by atoms with E-state index in [9.17, 15) is 14.4 Å². The number of carbonyl (C=O) groups is 3. The van der Waals surface area contributed by atoms with Crippen molar-refractivity contribution < 1.29 is 19.1 Å². The molecular weight excluding hydrogens is 362 g/mol. The van der Waals surface area contributed by atoms with Crippen LogP contribution in [-0.2, 0) is 22.6 Å². The second-order valence-corrected chi connectivity index (χ2v) is 6.41. The molecule has 1 fully saturated rings. The molecule has 0 aliphatic carbocycles. The highest BCUT2D eigenvalue weighted by Crippen LogP contribution is 2.14. The second kappa shape index (κ2) is 9.03. The SMILES string of the molecule is COc1ccc(CCN2C(=O)N[C@@H](CC(=O)NCCn3cccn3)C2=O)cc1. The Morgan fingerprint density at radius 1 is 1.25 bits per heavy atom. The number of aromatic nitrogens is 2. The zero-order valence-corrected chi connectivity index (χ0v) is 15.6. The fraction of sp³-hybridized carbons (Fsp3) is 0.368. The predicted molar refractivity (Wildman–Crippen MR) is 101 cm³/mol. The van der Waals surface area contributed by atoms with Gasteiger partial charge >= 0.3 is 6.03 Å². The van der Waals surface area contributed by atoms with Crippen molar-refractivity contribution in [2.75, 3.05) is 20.2 Å². The van der Waals surface area contributed by atoms with Gasteiger partial charge in [0.15, 0.2) is 0 Å². The van der Waals surface area contributed by atoms with Crippen molar-refractivity contribution in [2.45, 2.75) is 25.4 Å². The largest absolute Gasteiger partial charge is 0.497 e. The number of rotatable bonds is 9. The van der Waals surface area contributed by atoms with E-state index in [0.29, 0.717) is 19.5 Å². The maximum Gasteiger partial charge on any atom is 0.324 e. The van der Waals surface area contributed by atoms with Crippen LogP contribution >= 0.6 is 0 Å². The first kappa shape index (κ1) is 19.4. The summed E-state index contributed by atoms with van der Waals surface area (Å²) in [7, 11) is 1.59. The molecule has 0 bridgehead atoms. The molecule has 2 heterocycles. The Hall–Kier alpha value is -3.36. The number of benzene rings is 1. The summed E-state index contributed by atoms with van der Waals surface area (Å²) in [5.41, 5.74) is 0.987.